The molecule has 0 amide bonds. The molecule has 2 saturated heterocycles. The highest BCUT2D eigenvalue weighted by Gasteiger charge is 2.28. The highest BCUT2D eigenvalue weighted by Crippen LogP contribution is 2.17. The van der Waals surface area contributed by atoms with E-state index in [1.807, 2.05) is 0 Å². The normalized spacial score (nSPS) is 28.2. The summed E-state index contributed by atoms with van der Waals surface area (Å²) < 4.78 is 0. The molecule has 2 heterocycles. The monoisotopic (exact) mass is 241 g/mol. The Morgan fingerprint density at radius 1 is 0.941 bits per heavy atom. The summed E-state index contributed by atoms with van der Waals surface area (Å²) in [5.41, 5.74) is 0. The van der Waals surface area contributed by atoms with Crippen LogP contribution in [0.4, 0.5) is 0 Å². The molecule has 102 valence electrons. The summed E-state index contributed by atoms with van der Waals surface area (Å²) in [6.07, 6.45) is 2.69. The number of likely N-dealkylation sites (N-methyl/N-ethyl adjacent to an activating group) is 1. The average molecular weight is 241 g/mol. The lowest BCUT2D eigenvalue weighted by Gasteiger charge is -2.37. The van der Waals surface area contributed by atoms with Crippen molar-refractivity contribution < 1.29 is 0 Å². The number of hydrogen-bond acceptors (Lipinski definition) is 3. The van der Waals surface area contributed by atoms with Crippen molar-refractivity contribution in [2.45, 2.75) is 40.2 Å². The van der Waals surface area contributed by atoms with Crippen molar-refractivity contribution in [1.29, 1.82) is 0 Å². The van der Waals surface area contributed by atoms with Gasteiger partial charge in [-0.15, -0.1) is 0 Å². The van der Waals surface area contributed by atoms with E-state index < -0.39 is 0 Å². The van der Waals surface area contributed by atoms with Crippen LogP contribution in [0.15, 0.2) is 0 Å². The van der Waals surface area contributed by atoms with Crippen molar-refractivity contribution in [2.75, 3.05) is 52.4 Å². The van der Waals surface area contributed by atoms with Crippen molar-refractivity contribution >= 4 is 0 Å². The Balaban J connectivity index is 0.00000144. The lowest BCUT2D eigenvalue weighted by molar-refractivity contribution is 0.0981. The fourth-order valence-corrected chi connectivity index (χ4v) is 3.07. The zero-order chi connectivity index (χ0) is 11.4. The molecular weight excluding hydrogens is 210 g/mol. The molecule has 0 N–H and O–H groups in total. The molecule has 0 aliphatic carbocycles. The lowest BCUT2D eigenvalue weighted by Crippen LogP contribution is -2.51. The highest BCUT2D eigenvalue weighted by molar-refractivity contribution is 4.85. The Morgan fingerprint density at radius 3 is 2.18 bits per heavy atom. The van der Waals surface area contributed by atoms with E-state index in [2.05, 4.69) is 28.5 Å². The number of nitrogens with zero attached hydrogens (tertiary/aromatic N) is 3. The zero-order valence-electron chi connectivity index (χ0n) is 11.0. The molecule has 2 fully saturated rings. The van der Waals surface area contributed by atoms with Gasteiger partial charge in [0.05, 0.1) is 0 Å². The first-order chi connectivity index (χ1) is 7.83. The first-order valence-corrected chi connectivity index (χ1v) is 7.02. The molecule has 0 unspecified atom stereocenters. The van der Waals surface area contributed by atoms with E-state index in [1.165, 1.54) is 65.2 Å². The van der Waals surface area contributed by atoms with Gasteiger partial charge in [0.2, 0.25) is 0 Å². The highest BCUT2D eigenvalue weighted by atomic mass is 15.3. The lowest BCUT2D eigenvalue weighted by atomic mass is 10.2. The van der Waals surface area contributed by atoms with Crippen LogP contribution in [0.1, 0.15) is 34.1 Å². The number of piperazine rings is 1. The van der Waals surface area contributed by atoms with Gasteiger partial charge in [-0.05, 0) is 32.5 Å². The molecule has 17 heavy (non-hydrogen) atoms. The SMILES string of the molecule is C.CCCN1CCN([C@@H]2CCN(CC)C2)CC1. The molecule has 0 saturated carbocycles. The van der Waals surface area contributed by atoms with Gasteiger partial charge in [0, 0.05) is 38.8 Å². The largest absolute Gasteiger partial charge is 0.302 e. The first-order valence-electron chi connectivity index (χ1n) is 7.02. The summed E-state index contributed by atoms with van der Waals surface area (Å²) in [5, 5.41) is 0. The Labute approximate surface area is 108 Å². The predicted molar refractivity (Wildman–Crippen MR) is 75.6 cm³/mol. The summed E-state index contributed by atoms with van der Waals surface area (Å²) in [4.78, 5) is 7.92. The second-order valence-electron chi connectivity index (χ2n) is 5.21. The topological polar surface area (TPSA) is 9.72 Å². The van der Waals surface area contributed by atoms with Gasteiger partial charge >= 0.3 is 0 Å². The number of likely N-dealkylation sites (tertiary alicyclic amines) is 1. The second-order valence-corrected chi connectivity index (χ2v) is 5.21. The molecule has 0 aromatic rings. The molecule has 0 aromatic carbocycles. The summed E-state index contributed by atoms with van der Waals surface area (Å²) >= 11 is 0. The summed E-state index contributed by atoms with van der Waals surface area (Å²) in [6.45, 7) is 14.9. The van der Waals surface area contributed by atoms with Crippen LogP contribution in [0, 0.1) is 0 Å². The van der Waals surface area contributed by atoms with Gasteiger partial charge in [0.25, 0.3) is 0 Å². The Kier molecular flexibility index (Phi) is 6.45. The second kappa shape index (κ2) is 7.34. The summed E-state index contributed by atoms with van der Waals surface area (Å²) in [6, 6.07) is 0.851. The van der Waals surface area contributed by atoms with Gasteiger partial charge in [0.15, 0.2) is 0 Å². The van der Waals surface area contributed by atoms with Crippen LogP contribution in [0.3, 0.4) is 0 Å². The van der Waals surface area contributed by atoms with Gasteiger partial charge in [0.1, 0.15) is 0 Å². The zero-order valence-corrected chi connectivity index (χ0v) is 11.0. The van der Waals surface area contributed by atoms with Crippen LogP contribution in [0.2, 0.25) is 0 Å². The van der Waals surface area contributed by atoms with E-state index >= 15 is 0 Å². The molecule has 3 heteroatoms. The fraction of sp³-hybridized carbons (Fsp3) is 1.00. The van der Waals surface area contributed by atoms with E-state index in [9.17, 15) is 0 Å². The van der Waals surface area contributed by atoms with Gasteiger partial charge < -0.3 is 9.80 Å². The Morgan fingerprint density at radius 2 is 1.65 bits per heavy atom. The van der Waals surface area contributed by atoms with Crippen molar-refractivity contribution in [1.82, 2.24) is 14.7 Å². The summed E-state index contributed by atoms with van der Waals surface area (Å²) in [7, 11) is 0. The third kappa shape index (κ3) is 3.94. The minimum Gasteiger partial charge on any atom is -0.302 e. The maximum absolute atomic E-state index is 2.72. The fourth-order valence-electron chi connectivity index (χ4n) is 3.07. The quantitative estimate of drug-likeness (QED) is 0.742. The molecule has 2 aliphatic heterocycles. The molecule has 2 rings (SSSR count). The number of hydrogen-bond donors (Lipinski definition) is 0. The molecule has 2 aliphatic rings. The first kappa shape index (κ1) is 14.9. The molecule has 3 nitrogen and oxygen atoms in total. The molecule has 0 radical (unpaired) electrons. The minimum atomic E-state index is 0. The van der Waals surface area contributed by atoms with Gasteiger partial charge in [-0.25, -0.2) is 0 Å². The Hall–Kier alpha value is -0.120. The van der Waals surface area contributed by atoms with E-state index in [1.54, 1.807) is 0 Å². The predicted octanol–water partition coefficient (Wildman–Crippen LogP) is 1.74. The van der Waals surface area contributed by atoms with Crippen molar-refractivity contribution in [3.8, 4) is 0 Å². The third-order valence-corrected chi connectivity index (χ3v) is 4.16. The minimum absolute atomic E-state index is 0. The third-order valence-electron chi connectivity index (χ3n) is 4.16. The van der Waals surface area contributed by atoms with Gasteiger partial charge in [-0.3, -0.25) is 4.90 Å². The van der Waals surface area contributed by atoms with Crippen LogP contribution in [-0.2, 0) is 0 Å². The molecule has 0 aromatic heterocycles. The van der Waals surface area contributed by atoms with E-state index in [0.717, 1.165) is 6.04 Å². The van der Waals surface area contributed by atoms with E-state index in [4.69, 9.17) is 0 Å². The van der Waals surface area contributed by atoms with Crippen molar-refractivity contribution in [3.05, 3.63) is 0 Å². The molecule has 1 atom stereocenters. The van der Waals surface area contributed by atoms with Gasteiger partial charge in [-0.2, -0.15) is 0 Å². The molecule has 0 spiro atoms. The van der Waals surface area contributed by atoms with Crippen LogP contribution < -0.4 is 0 Å². The van der Waals surface area contributed by atoms with Crippen LogP contribution >= 0.6 is 0 Å². The van der Waals surface area contributed by atoms with Crippen LogP contribution in [-0.4, -0.2) is 73.1 Å². The Bertz CT molecular complexity index is 200. The van der Waals surface area contributed by atoms with Crippen molar-refractivity contribution in [3.63, 3.8) is 0 Å². The molecule has 0 bridgehead atoms. The average Bonchev–Trinajstić information content (AvgIpc) is 2.79. The smallest absolute Gasteiger partial charge is 0.0236 e. The number of rotatable bonds is 4. The maximum atomic E-state index is 2.72. The van der Waals surface area contributed by atoms with Crippen molar-refractivity contribution in [2.24, 2.45) is 0 Å². The standard InChI is InChI=1S/C13H27N3.CH4/c1-3-6-15-8-10-16(11-9-15)13-5-7-14(4-2)12-13;/h13H,3-12H2,1-2H3;1H4/t13-;/m1./s1. The maximum Gasteiger partial charge on any atom is 0.0236 e. The van der Waals surface area contributed by atoms with Crippen LogP contribution in [0.5, 0.6) is 0 Å². The van der Waals surface area contributed by atoms with E-state index in [0.29, 0.717) is 0 Å². The van der Waals surface area contributed by atoms with Gasteiger partial charge in [-0.1, -0.05) is 21.3 Å². The summed E-state index contributed by atoms with van der Waals surface area (Å²) in [5.74, 6) is 0. The molecular formula is C14H31N3. The van der Waals surface area contributed by atoms with Crippen LogP contribution in [0.25, 0.3) is 0 Å². The van der Waals surface area contributed by atoms with E-state index in [-0.39, 0.29) is 7.43 Å².